The second-order valence-corrected chi connectivity index (χ2v) is 17.0. The highest BCUT2D eigenvalue weighted by Gasteiger charge is 2.44. The summed E-state index contributed by atoms with van der Waals surface area (Å²) >= 11 is 0. The number of hydrogen-bond donors (Lipinski definition) is 6. The van der Waals surface area contributed by atoms with Crippen molar-refractivity contribution >= 4 is 54.2 Å². The average Bonchev–Trinajstić information content (AvgIpc) is 3.80. The molecule has 1 aliphatic rings. The molecule has 180 valence electrons. The van der Waals surface area contributed by atoms with E-state index in [9.17, 15) is 0 Å². The first-order chi connectivity index (χ1) is 17.8. The number of nitrogens with zero attached hydrogens (tertiary/aromatic N) is 3. The van der Waals surface area contributed by atoms with Gasteiger partial charge in [0.05, 0.1) is 32.6 Å². The van der Waals surface area contributed by atoms with Crippen LogP contribution in [0.15, 0.2) is 124 Å². The zero-order valence-electron chi connectivity index (χ0n) is 19.1. The third-order valence-electron chi connectivity index (χ3n) is 6.28. The van der Waals surface area contributed by atoms with Crippen molar-refractivity contribution in [2.45, 2.75) is 0 Å². The predicted molar refractivity (Wildman–Crippen MR) is 151 cm³/mol. The predicted octanol–water partition coefficient (Wildman–Crippen LogP) is 4.27. The summed E-state index contributed by atoms with van der Waals surface area (Å²) in [5, 5.41) is 0. The van der Waals surface area contributed by atoms with Crippen LogP contribution in [0.4, 0.5) is 0 Å². The maximum Gasteiger partial charge on any atom is 0.169 e. The maximum atomic E-state index is 5.79. The van der Waals surface area contributed by atoms with Crippen LogP contribution in [0.25, 0.3) is 0 Å². The Morgan fingerprint density at radius 2 is 0.528 bits per heavy atom. The van der Waals surface area contributed by atoms with Crippen LogP contribution < -0.4 is 32.6 Å². The Morgan fingerprint density at radius 1 is 0.333 bits per heavy atom. The molecule has 0 spiro atoms. The molecule has 0 saturated heterocycles. The Hall–Kier alpha value is -3.63. The van der Waals surface area contributed by atoms with Gasteiger partial charge in [0.15, 0.2) is 21.6 Å². The van der Waals surface area contributed by atoms with Crippen LogP contribution in [0, 0.1) is 0 Å². The van der Waals surface area contributed by atoms with E-state index in [1.165, 1.54) is 0 Å². The molecule has 0 aliphatic carbocycles. The number of nitrogens with one attached hydrogen (secondary N) is 6. The summed E-state index contributed by atoms with van der Waals surface area (Å²) in [6.07, 6.45) is 11.7. The van der Waals surface area contributed by atoms with E-state index >= 15 is 0 Å². The molecule has 9 nitrogen and oxygen atoms in total. The van der Waals surface area contributed by atoms with E-state index in [-0.39, 0.29) is 0 Å². The molecule has 12 heteroatoms. The van der Waals surface area contributed by atoms with Gasteiger partial charge in [0.2, 0.25) is 0 Å². The second-order valence-electron chi connectivity index (χ2n) is 8.40. The Bertz CT molecular complexity index is 1390. The third kappa shape index (κ3) is 3.07. The number of aromatic nitrogens is 6. The van der Waals surface area contributed by atoms with Crippen LogP contribution in [0.1, 0.15) is 0 Å². The Kier molecular flexibility index (Phi) is 4.93. The topological polar surface area (TPSA) is 132 Å². The number of aromatic amines is 6. The van der Waals surface area contributed by atoms with E-state index < -0.39 is 21.6 Å². The zero-order chi connectivity index (χ0) is 24.1. The highest BCUT2D eigenvalue weighted by Crippen LogP contribution is 2.75. The first-order valence-electron chi connectivity index (χ1n) is 11.5. The molecule has 0 atom stereocenters. The van der Waals surface area contributed by atoms with Crippen molar-refractivity contribution in [1.82, 2.24) is 29.9 Å². The quantitative estimate of drug-likeness (QED) is 0.172. The zero-order valence-corrected chi connectivity index (χ0v) is 21.8. The fourth-order valence-corrected chi connectivity index (χ4v) is 19.3. The highest BCUT2D eigenvalue weighted by molar-refractivity contribution is 8.00. The molecule has 6 aromatic heterocycles. The monoisotopic (exact) mass is 531 g/mol. The Balaban J connectivity index is 1.77. The van der Waals surface area contributed by atoms with Gasteiger partial charge < -0.3 is 29.9 Å². The lowest BCUT2D eigenvalue weighted by Gasteiger charge is -2.35. The van der Waals surface area contributed by atoms with Gasteiger partial charge in [0.25, 0.3) is 0 Å². The van der Waals surface area contributed by atoms with Crippen molar-refractivity contribution in [3.05, 3.63) is 110 Å². The van der Waals surface area contributed by atoms with Gasteiger partial charge in [0, 0.05) is 37.2 Å². The smallest absolute Gasteiger partial charge is 0.169 e. The van der Waals surface area contributed by atoms with E-state index in [1.54, 1.807) is 0 Å². The normalized spacial score (nSPS) is 17.7. The van der Waals surface area contributed by atoms with Crippen LogP contribution in [-0.2, 0) is 0 Å². The van der Waals surface area contributed by atoms with Crippen molar-refractivity contribution in [2.24, 2.45) is 13.5 Å². The first kappa shape index (κ1) is 21.6. The standard InChI is InChI=1S/C24H24N9P3/c1-7-19(25-13-1)34(20-8-2-14-26-20)31-35(21-9-3-15-27-21,22-10-4-16-28-22)33-36(32-34,23-11-5-17-29-23)24-12-6-18-30-24/h1-18,25-30H. The summed E-state index contributed by atoms with van der Waals surface area (Å²) in [5.41, 5.74) is 5.94. The largest absolute Gasteiger partial charge is 0.358 e. The van der Waals surface area contributed by atoms with E-state index in [1.807, 2.05) is 73.6 Å². The summed E-state index contributed by atoms with van der Waals surface area (Å²) in [6.45, 7) is 0. The number of H-pyrrole nitrogens is 6. The van der Waals surface area contributed by atoms with Crippen molar-refractivity contribution < 1.29 is 0 Å². The summed E-state index contributed by atoms with van der Waals surface area (Å²) in [4.78, 5) is 20.9. The van der Waals surface area contributed by atoms with Crippen molar-refractivity contribution in [3.63, 3.8) is 0 Å². The van der Waals surface area contributed by atoms with Gasteiger partial charge in [-0.3, -0.25) is 0 Å². The van der Waals surface area contributed by atoms with Gasteiger partial charge in [-0.15, -0.1) is 0 Å². The molecular weight excluding hydrogens is 507 g/mol. The van der Waals surface area contributed by atoms with E-state index in [4.69, 9.17) is 13.5 Å². The van der Waals surface area contributed by atoms with Gasteiger partial charge >= 0.3 is 0 Å². The summed E-state index contributed by atoms with van der Waals surface area (Å²) in [6, 6.07) is 24.7. The Labute approximate surface area is 207 Å². The molecule has 0 aromatic carbocycles. The molecule has 0 bridgehead atoms. The number of hydrogen-bond acceptors (Lipinski definition) is 3. The fraction of sp³-hybridized carbons (Fsp3) is 0. The molecule has 0 radical (unpaired) electrons. The molecule has 6 aromatic rings. The van der Waals surface area contributed by atoms with E-state index in [0.29, 0.717) is 0 Å². The van der Waals surface area contributed by atoms with Crippen LogP contribution in [0.2, 0.25) is 0 Å². The van der Waals surface area contributed by atoms with Crippen LogP contribution >= 0.6 is 21.6 Å². The lowest BCUT2D eigenvalue weighted by atomic mass is 10.7. The Morgan fingerprint density at radius 3 is 0.667 bits per heavy atom. The second kappa shape index (κ2) is 8.21. The lowest BCUT2D eigenvalue weighted by Crippen LogP contribution is -2.26. The molecule has 0 fully saturated rings. The van der Waals surface area contributed by atoms with Crippen molar-refractivity contribution in [3.8, 4) is 0 Å². The molecule has 0 amide bonds. The van der Waals surface area contributed by atoms with Gasteiger partial charge in [-0.05, 0) is 72.8 Å². The molecule has 1 aliphatic heterocycles. The van der Waals surface area contributed by atoms with Crippen LogP contribution in [0.3, 0.4) is 0 Å². The van der Waals surface area contributed by atoms with E-state index in [2.05, 4.69) is 66.3 Å². The molecule has 7 rings (SSSR count). The number of rotatable bonds is 6. The highest BCUT2D eigenvalue weighted by atomic mass is 31.3. The van der Waals surface area contributed by atoms with Gasteiger partial charge in [0.1, 0.15) is 0 Å². The summed E-state index contributed by atoms with van der Waals surface area (Å²) in [5.74, 6) is 0. The minimum absolute atomic E-state index is 0.991. The van der Waals surface area contributed by atoms with Gasteiger partial charge in [-0.1, -0.05) is 0 Å². The molecule has 0 unspecified atom stereocenters. The minimum Gasteiger partial charge on any atom is -0.358 e. The molecule has 0 saturated carbocycles. The van der Waals surface area contributed by atoms with E-state index in [0.717, 1.165) is 32.6 Å². The molecule has 6 N–H and O–H groups in total. The molecule has 7 heterocycles. The third-order valence-corrected chi connectivity index (χ3v) is 18.2. The SMILES string of the molecule is c1c[nH]c(P2(c3ccc[nH]3)=NP(c3ccc[nH]3)(c3ccc[nH]3)=NP(c3ccc[nH]3)(c3ccc[nH]3)=N2)c1. The maximum absolute atomic E-state index is 5.79. The first-order valence-corrected chi connectivity index (χ1v) is 16.6. The van der Waals surface area contributed by atoms with Crippen molar-refractivity contribution in [1.29, 1.82) is 0 Å². The van der Waals surface area contributed by atoms with Gasteiger partial charge in [-0.25, -0.2) is 13.5 Å². The lowest BCUT2D eigenvalue weighted by molar-refractivity contribution is 1.41. The minimum atomic E-state index is -2.74. The van der Waals surface area contributed by atoms with Crippen LogP contribution in [-0.4, -0.2) is 29.9 Å². The summed E-state index contributed by atoms with van der Waals surface area (Å²) < 4.78 is 17.4. The summed E-state index contributed by atoms with van der Waals surface area (Å²) in [7, 11) is -8.23. The fourth-order valence-electron chi connectivity index (χ4n) is 4.67. The average molecular weight is 531 g/mol. The molecule has 36 heavy (non-hydrogen) atoms. The van der Waals surface area contributed by atoms with Crippen molar-refractivity contribution in [2.75, 3.05) is 0 Å². The van der Waals surface area contributed by atoms with Crippen LogP contribution in [0.5, 0.6) is 0 Å². The van der Waals surface area contributed by atoms with Gasteiger partial charge in [-0.2, -0.15) is 0 Å². The molecular formula is C24H24N9P3.